The van der Waals surface area contributed by atoms with Crippen molar-refractivity contribution in [3.63, 3.8) is 0 Å². The average Bonchev–Trinajstić information content (AvgIpc) is 3.31. The molecular formula is C20H24N2O. The Bertz CT molecular complexity index is 759. The minimum Gasteiger partial charge on any atom is -0.350 e. The molecule has 2 aromatic rings. The molecule has 1 saturated heterocycles. The molecule has 120 valence electrons. The van der Waals surface area contributed by atoms with Crippen LogP contribution in [0.1, 0.15) is 42.2 Å². The third-order valence-electron chi connectivity index (χ3n) is 6.81. The van der Waals surface area contributed by atoms with E-state index >= 15 is 0 Å². The first-order chi connectivity index (χ1) is 11.3. The van der Waals surface area contributed by atoms with E-state index in [1.54, 1.807) is 0 Å². The van der Waals surface area contributed by atoms with E-state index in [-0.39, 0.29) is 5.91 Å². The van der Waals surface area contributed by atoms with Gasteiger partial charge >= 0.3 is 0 Å². The van der Waals surface area contributed by atoms with Gasteiger partial charge in [0.05, 0.1) is 0 Å². The van der Waals surface area contributed by atoms with E-state index in [1.807, 2.05) is 6.07 Å². The third-order valence-corrected chi connectivity index (χ3v) is 6.81. The van der Waals surface area contributed by atoms with Gasteiger partial charge in [-0.25, -0.2) is 0 Å². The molecule has 1 N–H and O–H groups in total. The number of nitrogens with one attached hydrogen (secondary N) is 1. The van der Waals surface area contributed by atoms with Crippen molar-refractivity contribution in [1.29, 1.82) is 0 Å². The molecule has 3 aliphatic rings. The standard InChI is InChI=1S/C20H24N2O/c1-2-14-15-5-3-4-6-18(15)21-19(14)20(23)22-10-16-12-7-8-13(9-12)17(16)11-22/h3-6,12-13,16-17,21H,2,7-11H2,1H3/t12-,13+,16-,17+. The lowest BCUT2D eigenvalue weighted by molar-refractivity contribution is 0.0770. The van der Waals surface area contributed by atoms with Crippen molar-refractivity contribution in [2.75, 3.05) is 13.1 Å². The van der Waals surface area contributed by atoms with Crippen LogP contribution in [-0.2, 0) is 6.42 Å². The maximum Gasteiger partial charge on any atom is 0.270 e. The molecule has 0 radical (unpaired) electrons. The van der Waals surface area contributed by atoms with Crippen LogP contribution in [-0.4, -0.2) is 28.9 Å². The van der Waals surface area contributed by atoms with Crippen molar-refractivity contribution in [3.05, 3.63) is 35.5 Å². The maximum absolute atomic E-state index is 13.2. The van der Waals surface area contributed by atoms with Crippen LogP contribution in [0.25, 0.3) is 10.9 Å². The number of H-pyrrole nitrogens is 1. The topological polar surface area (TPSA) is 36.1 Å². The molecular weight excluding hydrogens is 284 g/mol. The van der Waals surface area contributed by atoms with E-state index in [9.17, 15) is 4.79 Å². The van der Waals surface area contributed by atoms with Crippen molar-refractivity contribution >= 4 is 16.8 Å². The van der Waals surface area contributed by atoms with Crippen LogP contribution in [0.3, 0.4) is 0 Å². The molecule has 1 aromatic carbocycles. The quantitative estimate of drug-likeness (QED) is 0.899. The average molecular weight is 308 g/mol. The molecule has 3 fully saturated rings. The molecule has 0 unspecified atom stereocenters. The van der Waals surface area contributed by atoms with Gasteiger partial charge in [0.25, 0.3) is 5.91 Å². The SMILES string of the molecule is CCc1c(C(=O)N2C[C@@H]3[C@@H]4CC[C@@H](C4)[C@@H]3C2)[nH]c2ccccc12. The summed E-state index contributed by atoms with van der Waals surface area (Å²) < 4.78 is 0. The van der Waals surface area contributed by atoms with Gasteiger partial charge in [0, 0.05) is 24.0 Å². The van der Waals surface area contributed by atoms with Gasteiger partial charge in [-0.05, 0) is 61.0 Å². The van der Waals surface area contributed by atoms with Crippen LogP contribution in [0.2, 0.25) is 0 Å². The van der Waals surface area contributed by atoms with Gasteiger partial charge in [0.2, 0.25) is 0 Å². The first kappa shape index (κ1) is 13.6. The zero-order chi connectivity index (χ0) is 15.6. The molecule has 2 heterocycles. The summed E-state index contributed by atoms with van der Waals surface area (Å²) in [5, 5.41) is 1.21. The molecule has 1 aromatic heterocycles. The van der Waals surface area contributed by atoms with Gasteiger partial charge in [-0.2, -0.15) is 0 Å². The van der Waals surface area contributed by atoms with Crippen molar-refractivity contribution in [1.82, 2.24) is 9.88 Å². The molecule has 0 spiro atoms. The van der Waals surface area contributed by atoms with Crippen LogP contribution in [0.4, 0.5) is 0 Å². The summed E-state index contributed by atoms with van der Waals surface area (Å²) in [5.74, 6) is 3.60. The second-order valence-electron chi connectivity index (χ2n) is 7.75. The number of fused-ring (bicyclic) bond motifs is 6. The molecule has 2 bridgehead atoms. The van der Waals surface area contributed by atoms with E-state index in [0.717, 1.165) is 54.4 Å². The van der Waals surface area contributed by atoms with Crippen LogP contribution in [0.5, 0.6) is 0 Å². The number of hydrogen-bond donors (Lipinski definition) is 1. The van der Waals surface area contributed by atoms with Crippen molar-refractivity contribution < 1.29 is 4.79 Å². The molecule has 3 nitrogen and oxygen atoms in total. The Labute approximate surface area is 137 Å². The number of carbonyl (C=O) groups is 1. The van der Waals surface area contributed by atoms with Gasteiger partial charge in [-0.15, -0.1) is 0 Å². The van der Waals surface area contributed by atoms with Gasteiger partial charge < -0.3 is 9.88 Å². The van der Waals surface area contributed by atoms with E-state index in [0.29, 0.717) is 0 Å². The first-order valence-corrected chi connectivity index (χ1v) is 9.15. The van der Waals surface area contributed by atoms with Crippen LogP contribution >= 0.6 is 0 Å². The summed E-state index contributed by atoms with van der Waals surface area (Å²) in [6.45, 7) is 4.12. The number of carbonyl (C=O) groups excluding carboxylic acids is 1. The van der Waals surface area contributed by atoms with E-state index in [1.165, 1.54) is 30.2 Å². The Hall–Kier alpha value is -1.77. The second-order valence-corrected chi connectivity index (χ2v) is 7.75. The highest BCUT2D eigenvalue weighted by Gasteiger charge is 2.52. The molecule has 1 amide bonds. The fourth-order valence-corrected chi connectivity index (χ4v) is 5.76. The highest BCUT2D eigenvalue weighted by molar-refractivity contribution is 6.01. The number of benzene rings is 1. The number of likely N-dealkylation sites (tertiary alicyclic amines) is 1. The highest BCUT2D eigenvalue weighted by Crippen LogP contribution is 2.55. The van der Waals surface area contributed by atoms with Gasteiger partial charge in [-0.3, -0.25) is 4.79 Å². The number of para-hydroxylation sites is 1. The maximum atomic E-state index is 13.2. The molecule has 2 saturated carbocycles. The van der Waals surface area contributed by atoms with E-state index < -0.39 is 0 Å². The van der Waals surface area contributed by atoms with Crippen LogP contribution in [0.15, 0.2) is 24.3 Å². The molecule has 3 heteroatoms. The minimum atomic E-state index is 0.229. The summed E-state index contributed by atoms with van der Waals surface area (Å²) in [6, 6.07) is 8.29. The van der Waals surface area contributed by atoms with Crippen LogP contribution < -0.4 is 0 Å². The number of aromatic nitrogens is 1. The Morgan fingerprint density at radius 1 is 1.17 bits per heavy atom. The number of amides is 1. The predicted octanol–water partition coefficient (Wildman–Crippen LogP) is 3.85. The number of hydrogen-bond acceptors (Lipinski definition) is 1. The number of aryl methyl sites for hydroxylation is 1. The predicted molar refractivity (Wildman–Crippen MR) is 91.4 cm³/mol. The highest BCUT2D eigenvalue weighted by atomic mass is 16.2. The van der Waals surface area contributed by atoms with Gasteiger partial charge in [0.15, 0.2) is 0 Å². The lowest BCUT2D eigenvalue weighted by Gasteiger charge is -2.22. The summed E-state index contributed by atoms with van der Waals surface area (Å²) in [6.07, 6.45) is 5.14. The lowest BCUT2D eigenvalue weighted by atomic mass is 9.82. The van der Waals surface area contributed by atoms with Crippen molar-refractivity contribution in [2.45, 2.75) is 32.6 Å². The normalized spacial score (nSPS) is 32.0. The summed E-state index contributed by atoms with van der Waals surface area (Å²) in [4.78, 5) is 18.7. The fourth-order valence-electron chi connectivity index (χ4n) is 5.76. The number of nitrogens with zero attached hydrogens (tertiary/aromatic N) is 1. The van der Waals surface area contributed by atoms with Crippen LogP contribution in [0, 0.1) is 23.7 Å². The Morgan fingerprint density at radius 2 is 1.87 bits per heavy atom. The Balaban J connectivity index is 1.47. The molecule has 1 aliphatic heterocycles. The Kier molecular flexibility index (Phi) is 2.88. The molecule has 5 rings (SSSR count). The van der Waals surface area contributed by atoms with Crippen molar-refractivity contribution in [2.24, 2.45) is 23.7 Å². The van der Waals surface area contributed by atoms with E-state index in [2.05, 4.69) is 35.0 Å². The number of rotatable bonds is 2. The lowest BCUT2D eigenvalue weighted by Crippen LogP contribution is -2.31. The molecule has 4 atom stereocenters. The molecule has 23 heavy (non-hydrogen) atoms. The fraction of sp³-hybridized carbons (Fsp3) is 0.550. The van der Waals surface area contributed by atoms with Crippen molar-refractivity contribution in [3.8, 4) is 0 Å². The number of aromatic amines is 1. The van der Waals surface area contributed by atoms with E-state index in [4.69, 9.17) is 0 Å². The zero-order valence-corrected chi connectivity index (χ0v) is 13.7. The van der Waals surface area contributed by atoms with Gasteiger partial charge in [-0.1, -0.05) is 25.1 Å². The smallest absolute Gasteiger partial charge is 0.270 e. The monoisotopic (exact) mass is 308 g/mol. The zero-order valence-electron chi connectivity index (χ0n) is 13.7. The van der Waals surface area contributed by atoms with Gasteiger partial charge in [0.1, 0.15) is 5.69 Å². The largest absolute Gasteiger partial charge is 0.350 e. The Morgan fingerprint density at radius 3 is 2.57 bits per heavy atom. The molecule has 2 aliphatic carbocycles. The third kappa shape index (κ3) is 1.85. The minimum absolute atomic E-state index is 0.229. The summed E-state index contributed by atoms with van der Waals surface area (Å²) in [7, 11) is 0. The first-order valence-electron chi connectivity index (χ1n) is 9.15. The second kappa shape index (κ2) is 4.86. The summed E-state index contributed by atoms with van der Waals surface area (Å²) >= 11 is 0. The summed E-state index contributed by atoms with van der Waals surface area (Å²) in [5.41, 5.74) is 3.11.